The van der Waals surface area contributed by atoms with Gasteiger partial charge in [0, 0.05) is 28.7 Å². The van der Waals surface area contributed by atoms with Crippen LogP contribution in [0.2, 0.25) is 0 Å². The van der Waals surface area contributed by atoms with E-state index in [-0.39, 0.29) is 0 Å². The summed E-state index contributed by atoms with van der Waals surface area (Å²) in [6.07, 6.45) is 2.36. The zero-order chi connectivity index (χ0) is 22.0. The first-order valence-electron chi connectivity index (χ1n) is 10.5. The smallest absolute Gasteiger partial charge is 0.308 e. The van der Waals surface area contributed by atoms with E-state index in [0.29, 0.717) is 18.9 Å². The van der Waals surface area contributed by atoms with Crippen LogP contribution in [0.4, 0.5) is 5.13 Å². The Morgan fingerprint density at radius 3 is 2.65 bits per heavy atom. The third kappa shape index (κ3) is 4.80. The molecule has 0 aliphatic heterocycles. The van der Waals surface area contributed by atoms with Gasteiger partial charge in [-0.25, -0.2) is 4.98 Å². The van der Waals surface area contributed by atoms with E-state index in [0.717, 1.165) is 32.9 Å². The molecule has 4 aromatic rings. The number of hydrogen-bond donors (Lipinski definition) is 3. The topological polar surface area (TPSA) is 78.0 Å². The lowest BCUT2D eigenvalue weighted by Gasteiger charge is -2.13. The molecule has 2 aromatic carbocycles. The highest BCUT2D eigenvalue weighted by Crippen LogP contribution is 2.36. The molecule has 0 fully saturated rings. The van der Waals surface area contributed by atoms with Gasteiger partial charge in [0.15, 0.2) is 5.13 Å². The first kappa shape index (κ1) is 21.1. The molecule has 2 heterocycles. The Morgan fingerprint density at radius 1 is 1.16 bits per heavy atom. The summed E-state index contributed by atoms with van der Waals surface area (Å²) in [6.45, 7) is 6.72. The first-order valence-corrected chi connectivity index (χ1v) is 11.3. The largest absolute Gasteiger partial charge is 0.481 e. The zero-order valence-corrected chi connectivity index (χ0v) is 18.8. The van der Waals surface area contributed by atoms with Crippen molar-refractivity contribution >= 4 is 33.3 Å². The van der Waals surface area contributed by atoms with Crippen LogP contribution in [0.1, 0.15) is 35.8 Å². The van der Waals surface area contributed by atoms with Crippen LogP contribution >= 0.6 is 11.3 Å². The summed E-state index contributed by atoms with van der Waals surface area (Å²) < 4.78 is 0. The number of carboxylic acid groups (broad SMARTS) is 1. The van der Waals surface area contributed by atoms with Crippen molar-refractivity contribution < 1.29 is 9.90 Å². The van der Waals surface area contributed by atoms with E-state index >= 15 is 0 Å². The third-order valence-corrected chi connectivity index (χ3v) is 6.77. The minimum absolute atomic E-state index is 0.332. The highest BCUT2D eigenvalue weighted by Gasteiger charge is 2.21. The summed E-state index contributed by atoms with van der Waals surface area (Å²) in [5.41, 5.74) is 5.36. The molecular weight excluding hydrogens is 406 g/mol. The number of benzene rings is 2. The molecule has 0 bridgehead atoms. The Hall–Kier alpha value is -3.12. The van der Waals surface area contributed by atoms with Crippen molar-refractivity contribution in [3.05, 3.63) is 70.7 Å². The van der Waals surface area contributed by atoms with Crippen LogP contribution < -0.4 is 5.32 Å². The number of aromatic nitrogens is 2. The Bertz CT molecular complexity index is 1190. The average Bonchev–Trinajstić information content (AvgIpc) is 3.38. The number of hydrogen-bond acceptors (Lipinski definition) is 4. The Morgan fingerprint density at radius 2 is 1.94 bits per heavy atom. The van der Waals surface area contributed by atoms with Gasteiger partial charge in [-0.05, 0) is 48.4 Å². The number of carbonyl (C=O) groups is 1. The van der Waals surface area contributed by atoms with E-state index in [2.05, 4.69) is 61.4 Å². The summed E-state index contributed by atoms with van der Waals surface area (Å²) in [5.74, 6) is -1.00. The van der Waals surface area contributed by atoms with E-state index in [1.165, 1.54) is 10.4 Å². The summed E-state index contributed by atoms with van der Waals surface area (Å²) in [7, 11) is 0. The van der Waals surface area contributed by atoms with E-state index in [1.54, 1.807) is 11.3 Å². The second-order valence-corrected chi connectivity index (χ2v) is 9.30. The number of nitrogens with zero attached hydrogens (tertiary/aromatic N) is 1. The fourth-order valence-corrected chi connectivity index (χ4v) is 4.69. The number of aromatic amines is 1. The van der Waals surface area contributed by atoms with Gasteiger partial charge in [-0.2, -0.15) is 0 Å². The molecule has 3 N–H and O–H groups in total. The average molecular weight is 434 g/mol. The fourth-order valence-electron chi connectivity index (χ4n) is 3.69. The van der Waals surface area contributed by atoms with Crippen LogP contribution in [-0.2, 0) is 11.2 Å². The maximum atomic E-state index is 11.9. The van der Waals surface area contributed by atoms with Crippen molar-refractivity contribution in [1.82, 2.24) is 9.97 Å². The standard InChI is InChI=1S/C25H27N3O2S/c1-15(2)23-22(18-7-4-16(3)5-8-18)28-25(31-23)27-14-20(24(29)30)13-17-6-9-21-19(12-17)10-11-26-21/h4-12,15,20,26H,13-14H2,1-3H3,(H,27,28)(H,29,30). The summed E-state index contributed by atoms with van der Waals surface area (Å²) in [6, 6.07) is 16.4. The predicted molar refractivity (Wildman–Crippen MR) is 128 cm³/mol. The molecule has 4 rings (SSSR count). The van der Waals surface area contributed by atoms with Gasteiger partial charge in [0.05, 0.1) is 11.6 Å². The molecular formula is C25H27N3O2S. The lowest BCUT2D eigenvalue weighted by atomic mass is 9.98. The Balaban J connectivity index is 1.51. The number of nitrogens with one attached hydrogen (secondary N) is 2. The molecule has 0 saturated carbocycles. The van der Waals surface area contributed by atoms with Gasteiger partial charge < -0.3 is 15.4 Å². The lowest BCUT2D eigenvalue weighted by molar-refractivity contribution is -0.141. The molecule has 6 heteroatoms. The molecule has 0 radical (unpaired) electrons. The zero-order valence-electron chi connectivity index (χ0n) is 18.0. The highest BCUT2D eigenvalue weighted by molar-refractivity contribution is 7.16. The van der Waals surface area contributed by atoms with Crippen molar-refractivity contribution in [3.63, 3.8) is 0 Å². The first-order chi connectivity index (χ1) is 14.9. The predicted octanol–water partition coefficient (Wildman–Crippen LogP) is 6.08. The second kappa shape index (κ2) is 8.94. The second-order valence-electron chi connectivity index (χ2n) is 8.27. The molecule has 0 aliphatic rings. The third-order valence-electron chi connectivity index (χ3n) is 5.45. The Labute approximate surface area is 186 Å². The van der Waals surface area contributed by atoms with Crippen LogP contribution in [0.25, 0.3) is 22.2 Å². The monoisotopic (exact) mass is 433 g/mol. The molecule has 160 valence electrons. The van der Waals surface area contributed by atoms with Gasteiger partial charge in [0.2, 0.25) is 0 Å². The van der Waals surface area contributed by atoms with Gasteiger partial charge in [0.1, 0.15) is 0 Å². The molecule has 31 heavy (non-hydrogen) atoms. The van der Waals surface area contributed by atoms with Crippen molar-refractivity contribution in [2.45, 2.75) is 33.1 Å². The molecule has 0 aliphatic carbocycles. The number of fused-ring (bicyclic) bond motifs is 1. The van der Waals surface area contributed by atoms with Crippen molar-refractivity contribution in [2.24, 2.45) is 5.92 Å². The lowest BCUT2D eigenvalue weighted by Crippen LogP contribution is -2.25. The van der Waals surface area contributed by atoms with Crippen molar-refractivity contribution in [3.8, 4) is 11.3 Å². The van der Waals surface area contributed by atoms with E-state index < -0.39 is 11.9 Å². The molecule has 0 saturated heterocycles. The van der Waals surface area contributed by atoms with Crippen LogP contribution in [0.5, 0.6) is 0 Å². The van der Waals surface area contributed by atoms with E-state index in [1.807, 2.05) is 24.4 Å². The maximum Gasteiger partial charge on any atom is 0.308 e. The Kier molecular flexibility index (Phi) is 6.09. The molecule has 1 atom stereocenters. The number of rotatable bonds is 8. The molecule has 5 nitrogen and oxygen atoms in total. The maximum absolute atomic E-state index is 11.9. The quantitative estimate of drug-likeness (QED) is 0.315. The number of aliphatic carboxylic acids is 1. The van der Waals surface area contributed by atoms with E-state index in [4.69, 9.17) is 4.98 Å². The van der Waals surface area contributed by atoms with Gasteiger partial charge >= 0.3 is 5.97 Å². The van der Waals surface area contributed by atoms with Crippen LogP contribution in [0.15, 0.2) is 54.7 Å². The van der Waals surface area contributed by atoms with Crippen LogP contribution in [0, 0.1) is 12.8 Å². The number of H-pyrrole nitrogens is 1. The van der Waals surface area contributed by atoms with Gasteiger partial charge in [-0.1, -0.05) is 49.7 Å². The van der Waals surface area contributed by atoms with Crippen LogP contribution in [-0.4, -0.2) is 27.6 Å². The van der Waals surface area contributed by atoms with Gasteiger partial charge in [-0.3, -0.25) is 4.79 Å². The summed E-state index contributed by atoms with van der Waals surface area (Å²) >= 11 is 1.61. The summed E-state index contributed by atoms with van der Waals surface area (Å²) in [5, 5.41) is 14.9. The van der Waals surface area contributed by atoms with Crippen molar-refractivity contribution in [2.75, 3.05) is 11.9 Å². The molecule has 1 unspecified atom stereocenters. The number of aryl methyl sites for hydroxylation is 1. The molecule has 0 amide bonds. The van der Waals surface area contributed by atoms with Crippen LogP contribution in [0.3, 0.4) is 0 Å². The number of thiazole rings is 1. The normalized spacial score (nSPS) is 12.4. The summed E-state index contributed by atoms with van der Waals surface area (Å²) in [4.78, 5) is 21.1. The van der Waals surface area contributed by atoms with E-state index in [9.17, 15) is 9.90 Å². The molecule has 2 aromatic heterocycles. The molecule has 0 spiro atoms. The van der Waals surface area contributed by atoms with Crippen molar-refractivity contribution in [1.29, 1.82) is 0 Å². The number of carboxylic acids is 1. The van der Waals surface area contributed by atoms with Gasteiger partial charge in [0.25, 0.3) is 0 Å². The highest BCUT2D eigenvalue weighted by atomic mass is 32.1. The fraction of sp³-hybridized carbons (Fsp3) is 0.280. The SMILES string of the molecule is Cc1ccc(-c2nc(NCC(Cc3ccc4[nH]ccc4c3)C(=O)O)sc2C(C)C)cc1. The van der Waals surface area contributed by atoms with Gasteiger partial charge in [-0.15, -0.1) is 11.3 Å². The minimum Gasteiger partial charge on any atom is -0.481 e. The minimum atomic E-state index is -0.805. The number of anilines is 1.